The van der Waals surface area contributed by atoms with Crippen LogP contribution in [0.4, 0.5) is 0 Å². The predicted octanol–water partition coefficient (Wildman–Crippen LogP) is 3.64. The normalized spacial score (nSPS) is 19.8. The van der Waals surface area contributed by atoms with Gasteiger partial charge in [0.15, 0.2) is 0 Å². The number of hydrogen-bond acceptors (Lipinski definition) is 1. The molecule has 1 nitrogen and oxygen atoms in total. The first-order valence-corrected chi connectivity index (χ1v) is 6.06. The molecule has 0 aliphatic heterocycles. The minimum atomic E-state index is 0.112. The van der Waals surface area contributed by atoms with Gasteiger partial charge in [0.1, 0.15) is 6.29 Å². The number of allylic oxidation sites excluding steroid dienone is 2. The van der Waals surface area contributed by atoms with Gasteiger partial charge in [-0.25, -0.2) is 0 Å². The van der Waals surface area contributed by atoms with E-state index in [4.69, 9.17) is 0 Å². The molecule has 0 atom stereocenters. The molecule has 0 bridgehead atoms. The second kappa shape index (κ2) is 5.11. The van der Waals surface area contributed by atoms with Crippen molar-refractivity contribution in [2.75, 3.05) is 0 Å². The van der Waals surface area contributed by atoms with Gasteiger partial charge >= 0.3 is 0 Å². The van der Waals surface area contributed by atoms with Crippen LogP contribution in [0.5, 0.6) is 0 Å². The summed E-state index contributed by atoms with van der Waals surface area (Å²) in [5.74, 6) is 0. The zero-order valence-corrected chi connectivity index (χ0v) is 9.56. The van der Waals surface area contributed by atoms with Crippen LogP contribution in [-0.4, -0.2) is 6.29 Å². The highest BCUT2D eigenvalue weighted by atomic mass is 16.1. The van der Waals surface area contributed by atoms with Gasteiger partial charge in [-0.05, 0) is 24.5 Å². The molecule has 0 aromatic heterocycles. The van der Waals surface area contributed by atoms with Crippen LogP contribution in [0, 0.1) is 0 Å². The fourth-order valence-electron chi connectivity index (χ4n) is 2.73. The van der Waals surface area contributed by atoms with Crippen molar-refractivity contribution in [3.8, 4) is 0 Å². The maximum absolute atomic E-state index is 10.5. The largest absolute Gasteiger partial charge is 0.299 e. The molecule has 0 amide bonds. The fourth-order valence-corrected chi connectivity index (χ4v) is 2.73. The summed E-state index contributed by atoms with van der Waals surface area (Å²) >= 11 is 0. The Morgan fingerprint density at radius 2 is 1.69 bits per heavy atom. The molecular weight excluding hydrogens is 196 g/mol. The SMILES string of the molecule is O=CC=CC1(c2ccccc2)CCCCC1. The van der Waals surface area contributed by atoms with E-state index < -0.39 is 0 Å². The van der Waals surface area contributed by atoms with Crippen molar-refractivity contribution in [1.29, 1.82) is 0 Å². The first-order valence-electron chi connectivity index (χ1n) is 6.06. The van der Waals surface area contributed by atoms with Gasteiger partial charge in [0.25, 0.3) is 0 Å². The van der Waals surface area contributed by atoms with E-state index in [1.54, 1.807) is 6.08 Å². The minimum absolute atomic E-state index is 0.112. The molecule has 2 rings (SSSR count). The number of hydrogen-bond donors (Lipinski definition) is 0. The Hall–Kier alpha value is -1.37. The molecule has 1 aromatic carbocycles. The summed E-state index contributed by atoms with van der Waals surface area (Å²) in [6, 6.07) is 10.6. The minimum Gasteiger partial charge on any atom is -0.299 e. The van der Waals surface area contributed by atoms with Gasteiger partial charge < -0.3 is 0 Å². The van der Waals surface area contributed by atoms with Gasteiger partial charge in [-0.15, -0.1) is 0 Å². The van der Waals surface area contributed by atoms with E-state index in [1.165, 1.54) is 37.7 Å². The summed E-state index contributed by atoms with van der Waals surface area (Å²) in [7, 11) is 0. The van der Waals surface area contributed by atoms with Gasteiger partial charge in [0.05, 0.1) is 0 Å². The van der Waals surface area contributed by atoms with Gasteiger partial charge in [0.2, 0.25) is 0 Å². The molecule has 0 spiro atoms. The molecule has 0 heterocycles. The molecule has 84 valence electrons. The van der Waals surface area contributed by atoms with Gasteiger partial charge in [-0.2, -0.15) is 0 Å². The van der Waals surface area contributed by atoms with Crippen molar-refractivity contribution in [3.63, 3.8) is 0 Å². The summed E-state index contributed by atoms with van der Waals surface area (Å²) in [6.45, 7) is 0. The van der Waals surface area contributed by atoms with E-state index in [1.807, 2.05) is 6.07 Å². The fraction of sp³-hybridized carbons (Fsp3) is 0.400. The average molecular weight is 214 g/mol. The second-order valence-corrected chi connectivity index (χ2v) is 4.58. The molecule has 0 N–H and O–H groups in total. The maximum Gasteiger partial charge on any atom is 0.142 e. The Kier molecular flexibility index (Phi) is 3.55. The molecule has 1 fully saturated rings. The lowest BCUT2D eigenvalue weighted by Gasteiger charge is -2.35. The summed E-state index contributed by atoms with van der Waals surface area (Å²) in [6.07, 6.45) is 10.8. The van der Waals surface area contributed by atoms with Crippen LogP contribution < -0.4 is 0 Å². The Morgan fingerprint density at radius 3 is 2.31 bits per heavy atom. The lowest BCUT2D eigenvalue weighted by molar-refractivity contribution is -0.104. The lowest BCUT2D eigenvalue weighted by Crippen LogP contribution is -2.26. The topological polar surface area (TPSA) is 17.1 Å². The highest BCUT2D eigenvalue weighted by molar-refractivity contribution is 5.65. The zero-order valence-electron chi connectivity index (χ0n) is 9.56. The van der Waals surface area contributed by atoms with Crippen LogP contribution in [0.2, 0.25) is 0 Å². The molecule has 1 aliphatic carbocycles. The number of carbonyl (C=O) groups excluding carboxylic acids is 1. The smallest absolute Gasteiger partial charge is 0.142 e. The molecule has 1 aromatic rings. The van der Waals surface area contributed by atoms with E-state index in [2.05, 4.69) is 30.3 Å². The van der Waals surface area contributed by atoms with Crippen molar-refractivity contribution in [3.05, 3.63) is 48.0 Å². The third-order valence-electron chi connectivity index (χ3n) is 3.59. The quantitative estimate of drug-likeness (QED) is 0.554. The summed E-state index contributed by atoms with van der Waals surface area (Å²) < 4.78 is 0. The van der Waals surface area contributed by atoms with E-state index >= 15 is 0 Å². The molecule has 1 aliphatic rings. The van der Waals surface area contributed by atoms with Crippen LogP contribution in [0.25, 0.3) is 0 Å². The maximum atomic E-state index is 10.5. The number of carbonyl (C=O) groups is 1. The van der Waals surface area contributed by atoms with Crippen LogP contribution in [-0.2, 0) is 10.2 Å². The van der Waals surface area contributed by atoms with Crippen LogP contribution in [0.3, 0.4) is 0 Å². The number of benzene rings is 1. The van der Waals surface area contributed by atoms with Gasteiger partial charge in [-0.1, -0.05) is 55.7 Å². The molecule has 16 heavy (non-hydrogen) atoms. The highest BCUT2D eigenvalue weighted by Gasteiger charge is 2.30. The van der Waals surface area contributed by atoms with Crippen molar-refractivity contribution < 1.29 is 4.79 Å². The third kappa shape index (κ3) is 2.24. The molecular formula is C15H18O. The Balaban J connectivity index is 2.33. The van der Waals surface area contributed by atoms with E-state index in [9.17, 15) is 4.79 Å². The summed E-state index contributed by atoms with van der Waals surface area (Å²) in [5, 5.41) is 0. The van der Waals surface area contributed by atoms with E-state index in [0.29, 0.717) is 0 Å². The van der Waals surface area contributed by atoms with Crippen LogP contribution in [0.1, 0.15) is 37.7 Å². The highest BCUT2D eigenvalue weighted by Crippen LogP contribution is 2.40. The Bertz CT molecular complexity index is 358. The Labute approximate surface area is 97.2 Å². The Morgan fingerprint density at radius 1 is 1.00 bits per heavy atom. The second-order valence-electron chi connectivity index (χ2n) is 4.58. The van der Waals surface area contributed by atoms with E-state index in [-0.39, 0.29) is 5.41 Å². The summed E-state index contributed by atoms with van der Waals surface area (Å²) in [5.41, 5.74) is 1.47. The molecule has 1 heteroatoms. The molecule has 0 unspecified atom stereocenters. The monoisotopic (exact) mass is 214 g/mol. The molecule has 0 saturated heterocycles. The number of rotatable bonds is 3. The standard InChI is InChI=1S/C15H18O/c16-13-7-12-15(10-5-2-6-11-15)14-8-3-1-4-9-14/h1,3-4,7-9,12-13H,2,5-6,10-11H2. The predicted molar refractivity (Wildman–Crippen MR) is 66.4 cm³/mol. The van der Waals surface area contributed by atoms with Crippen LogP contribution >= 0.6 is 0 Å². The average Bonchev–Trinajstić information content (AvgIpc) is 2.38. The number of aldehydes is 1. The first kappa shape index (κ1) is 11.1. The van der Waals surface area contributed by atoms with Crippen molar-refractivity contribution in [2.45, 2.75) is 37.5 Å². The van der Waals surface area contributed by atoms with Crippen molar-refractivity contribution >= 4 is 6.29 Å². The molecule has 0 radical (unpaired) electrons. The zero-order chi connectivity index (χ0) is 11.3. The molecule has 1 saturated carbocycles. The van der Waals surface area contributed by atoms with Crippen molar-refractivity contribution in [2.24, 2.45) is 0 Å². The lowest BCUT2D eigenvalue weighted by atomic mass is 9.69. The summed E-state index contributed by atoms with van der Waals surface area (Å²) in [4.78, 5) is 10.5. The van der Waals surface area contributed by atoms with Gasteiger partial charge in [-0.3, -0.25) is 4.79 Å². The van der Waals surface area contributed by atoms with Gasteiger partial charge in [0, 0.05) is 5.41 Å². The van der Waals surface area contributed by atoms with Crippen molar-refractivity contribution in [1.82, 2.24) is 0 Å². The van der Waals surface area contributed by atoms with Crippen LogP contribution in [0.15, 0.2) is 42.5 Å². The third-order valence-corrected chi connectivity index (χ3v) is 3.59. The van der Waals surface area contributed by atoms with E-state index in [0.717, 1.165) is 6.29 Å². The first-order chi connectivity index (χ1) is 7.87.